The maximum Gasteiger partial charge on any atom is 0.173 e. The van der Waals surface area contributed by atoms with Crippen LogP contribution in [-0.2, 0) is 19.1 Å². The number of carbonyl (C=O) groups is 4. The van der Waals surface area contributed by atoms with Crippen molar-refractivity contribution in [1.29, 1.82) is 0 Å². The van der Waals surface area contributed by atoms with E-state index < -0.39 is 0 Å². The molecule has 6 rings (SSSR count). The predicted molar refractivity (Wildman–Crippen MR) is 189 cm³/mol. The quantitative estimate of drug-likeness (QED) is 0.144. The lowest BCUT2D eigenvalue weighted by Gasteiger charge is -2.20. The highest BCUT2D eigenvalue weighted by Crippen LogP contribution is 2.34. The normalized spacial score (nSPS) is 14.7. The van der Waals surface area contributed by atoms with Gasteiger partial charge in [-0.15, -0.1) is 0 Å². The Morgan fingerprint density at radius 1 is 0.571 bits per heavy atom. The summed E-state index contributed by atoms with van der Waals surface area (Å²) < 4.78 is 10.3. The van der Waals surface area contributed by atoms with E-state index in [0.29, 0.717) is 54.4 Å². The zero-order chi connectivity index (χ0) is 35.2. The molecule has 2 aliphatic heterocycles. The van der Waals surface area contributed by atoms with Gasteiger partial charge in [-0.3, -0.25) is 19.2 Å². The monoisotopic (exact) mass is 664 g/mol. The molecule has 0 unspecified atom stereocenters. The van der Waals surface area contributed by atoms with Crippen LogP contribution < -0.4 is 0 Å². The number of carbonyl (C=O) groups excluding carboxylic acids is 4. The van der Waals surface area contributed by atoms with Crippen LogP contribution in [0, 0.1) is 11.8 Å². The van der Waals surface area contributed by atoms with Crippen molar-refractivity contribution in [2.75, 3.05) is 26.4 Å². The Bertz CT molecular complexity index is 1700. The smallest absolute Gasteiger partial charge is 0.173 e. The number of para-hydroxylation sites is 2. The van der Waals surface area contributed by atoms with Gasteiger partial charge in [-0.2, -0.15) is 0 Å². The molecule has 4 aromatic carbocycles. The van der Waals surface area contributed by atoms with Crippen molar-refractivity contribution in [3.8, 4) is 33.8 Å². The number of benzene rings is 4. The van der Waals surface area contributed by atoms with Crippen molar-refractivity contribution < 1.29 is 38.9 Å². The summed E-state index contributed by atoms with van der Waals surface area (Å²) in [5.74, 6) is -0.0289. The van der Waals surface area contributed by atoms with Crippen molar-refractivity contribution in [2.24, 2.45) is 11.8 Å². The van der Waals surface area contributed by atoms with Crippen LogP contribution in [0.4, 0.5) is 0 Å². The molecule has 0 spiro atoms. The summed E-state index contributed by atoms with van der Waals surface area (Å²) in [5, 5.41) is 20.5. The number of ether oxygens (including phenoxy) is 2. The zero-order valence-electron chi connectivity index (χ0n) is 28.1. The number of phenolic OH excluding ortho intramolecular Hbond substituents is 2. The minimum absolute atomic E-state index is 0.0567. The highest BCUT2D eigenvalue weighted by molar-refractivity contribution is 6.10. The van der Waals surface area contributed by atoms with E-state index in [2.05, 4.69) is 0 Å². The Morgan fingerprint density at radius 3 is 1.43 bits per heavy atom. The topological polar surface area (TPSA) is 127 Å². The molecular weight excluding hydrogens is 620 g/mol. The first-order valence-corrected chi connectivity index (χ1v) is 16.6. The van der Waals surface area contributed by atoms with Crippen molar-refractivity contribution in [3.05, 3.63) is 108 Å². The van der Waals surface area contributed by atoms with Gasteiger partial charge in [0.2, 0.25) is 0 Å². The Hall–Kier alpha value is -4.92. The fraction of sp³-hybridized carbons (Fsp3) is 0.317. The molecule has 0 amide bonds. The Balaban J connectivity index is 0.000000185. The van der Waals surface area contributed by atoms with Crippen LogP contribution in [0.3, 0.4) is 0 Å². The molecule has 256 valence electrons. The summed E-state index contributed by atoms with van der Waals surface area (Å²) in [6.45, 7) is 5.78. The average molecular weight is 665 g/mol. The Morgan fingerprint density at radius 2 is 1.00 bits per heavy atom. The minimum atomic E-state index is -0.332. The van der Waals surface area contributed by atoms with Gasteiger partial charge in [-0.25, -0.2) is 0 Å². The van der Waals surface area contributed by atoms with Gasteiger partial charge in [0.25, 0.3) is 0 Å². The summed E-state index contributed by atoms with van der Waals surface area (Å²) >= 11 is 0. The van der Waals surface area contributed by atoms with Crippen LogP contribution in [0.15, 0.2) is 97.1 Å². The van der Waals surface area contributed by atoms with E-state index in [1.807, 2.05) is 60.7 Å². The second-order valence-corrected chi connectivity index (χ2v) is 12.1. The van der Waals surface area contributed by atoms with Crippen LogP contribution in [0.1, 0.15) is 66.7 Å². The number of hydrogen-bond acceptors (Lipinski definition) is 8. The van der Waals surface area contributed by atoms with E-state index in [9.17, 15) is 29.4 Å². The summed E-state index contributed by atoms with van der Waals surface area (Å²) in [5.41, 5.74) is 3.59. The summed E-state index contributed by atoms with van der Waals surface area (Å²) in [6, 6.07) is 29.2. The van der Waals surface area contributed by atoms with Crippen LogP contribution in [0.2, 0.25) is 0 Å². The third-order valence-electron chi connectivity index (χ3n) is 8.73. The van der Waals surface area contributed by atoms with Gasteiger partial charge in [-0.1, -0.05) is 84.9 Å². The van der Waals surface area contributed by atoms with E-state index in [-0.39, 0.29) is 46.8 Å². The van der Waals surface area contributed by atoms with Crippen LogP contribution in [-0.4, -0.2) is 59.8 Å². The molecule has 49 heavy (non-hydrogen) atoms. The lowest BCUT2D eigenvalue weighted by Crippen LogP contribution is -2.25. The van der Waals surface area contributed by atoms with Gasteiger partial charge in [0.05, 0.1) is 17.5 Å². The molecule has 0 aromatic heterocycles. The predicted octanol–water partition coefficient (Wildman–Crippen LogP) is 7.89. The van der Waals surface area contributed by atoms with Gasteiger partial charge < -0.3 is 19.7 Å². The molecule has 0 atom stereocenters. The van der Waals surface area contributed by atoms with E-state index in [0.717, 1.165) is 37.2 Å². The number of ketones is 4. The zero-order valence-corrected chi connectivity index (χ0v) is 28.1. The van der Waals surface area contributed by atoms with Crippen molar-refractivity contribution in [1.82, 2.24) is 0 Å². The average Bonchev–Trinajstić information content (AvgIpc) is 3.13. The molecule has 4 aromatic rings. The van der Waals surface area contributed by atoms with Gasteiger partial charge in [0.1, 0.15) is 23.1 Å². The molecule has 2 heterocycles. The maximum absolute atomic E-state index is 12.5. The molecule has 0 saturated carbocycles. The fourth-order valence-electron chi connectivity index (χ4n) is 5.82. The molecular formula is C41H44O8. The molecule has 2 fully saturated rings. The minimum Gasteiger partial charge on any atom is -0.507 e. The molecule has 2 N–H and O–H groups in total. The number of rotatable bonds is 8. The second-order valence-electron chi connectivity index (χ2n) is 12.1. The van der Waals surface area contributed by atoms with Crippen LogP contribution in [0.25, 0.3) is 22.3 Å². The first-order valence-electron chi connectivity index (χ1n) is 16.6. The molecule has 8 nitrogen and oxygen atoms in total. The van der Waals surface area contributed by atoms with Crippen molar-refractivity contribution in [3.63, 3.8) is 0 Å². The maximum atomic E-state index is 12.5. The summed E-state index contributed by atoms with van der Waals surface area (Å²) in [4.78, 5) is 46.8. The number of Topliss-reactive ketones (excluding diaryl/α,β-unsaturated/α-hetero) is 4. The standard InChI is InChI=1S/C20H20O4.C14H12O2.C7H12O2/c21-18(15-9-11-24-12-10-15)13-19(22)17-8-4-7-16(20(17)23)14-5-2-1-3-6-14;1-10(15)12-8-5-9-13(14(12)16)11-6-3-2-4-7-11;1-6(8)7-2-4-9-5-3-7/h1-8,15,23H,9-13H2;2-9,16H,1H3;7H,2-5H2,1H3. The van der Waals surface area contributed by atoms with E-state index in [1.165, 1.54) is 6.92 Å². The fourth-order valence-corrected chi connectivity index (χ4v) is 5.82. The molecule has 8 heteroatoms. The third-order valence-corrected chi connectivity index (χ3v) is 8.73. The Labute approximate surface area is 287 Å². The van der Waals surface area contributed by atoms with E-state index >= 15 is 0 Å². The van der Waals surface area contributed by atoms with Crippen molar-refractivity contribution >= 4 is 23.1 Å². The molecule has 0 bridgehead atoms. The Kier molecular flexibility index (Phi) is 14.0. The number of hydrogen-bond donors (Lipinski definition) is 2. The highest BCUT2D eigenvalue weighted by Gasteiger charge is 2.25. The van der Waals surface area contributed by atoms with Crippen molar-refractivity contribution in [2.45, 2.75) is 46.0 Å². The first-order chi connectivity index (χ1) is 23.7. The van der Waals surface area contributed by atoms with Crippen LogP contribution in [0.5, 0.6) is 11.5 Å². The van der Waals surface area contributed by atoms with Gasteiger partial charge >= 0.3 is 0 Å². The third kappa shape index (κ3) is 10.5. The number of aromatic hydroxyl groups is 2. The van der Waals surface area contributed by atoms with Crippen LogP contribution >= 0.6 is 0 Å². The van der Waals surface area contributed by atoms with E-state index in [4.69, 9.17) is 9.47 Å². The SMILES string of the molecule is CC(=O)C1CCOCC1.CC(=O)c1cccc(-c2ccccc2)c1O.O=C(CC(=O)C1CCOCC1)c1cccc(-c2ccccc2)c1O. The lowest BCUT2D eigenvalue weighted by molar-refractivity contribution is -0.125. The highest BCUT2D eigenvalue weighted by atomic mass is 16.5. The molecule has 0 aliphatic carbocycles. The molecule has 0 radical (unpaired) electrons. The summed E-state index contributed by atoms with van der Waals surface area (Å²) in [6.07, 6.45) is 3.02. The first kappa shape index (κ1) is 36.9. The molecule has 2 saturated heterocycles. The summed E-state index contributed by atoms with van der Waals surface area (Å²) in [7, 11) is 0. The van der Waals surface area contributed by atoms with Gasteiger partial charge in [0.15, 0.2) is 11.6 Å². The molecule has 2 aliphatic rings. The van der Waals surface area contributed by atoms with E-state index in [1.54, 1.807) is 43.3 Å². The number of phenols is 2. The van der Waals surface area contributed by atoms with Gasteiger partial charge in [-0.05, 0) is 62.8 Å². The van der Waals surface area contributed by atoms with Gasteiger partial charge in [0, 0.05) is 49.4 Å². The lowest BCUT2D eigenvalue weighted by atomic mass is 9.90. The second kappa shape index (κ2) is 18.6. The largest absolute Gasteiger partial charge is 0.507 e.